The van der Waals surface area contributed by atoms with E-state index in [4.69, 9.17) is 0 Å². The first-order valence-corrected chi connectivity index (χ1v) is 11.8. The molecule has 0 aliphatic carbocycles. The smallest absolute Gasteiger partial charge is 0.370 e. The zero-order valence-electron chi connectivity index (χ0n) is 20.0. The molecule has 14 heteroatoms. The van der Waals surface area contributed by atoms with Crippen molar-refractivity contribution in [2.24, 2.45) is 11.8 Å². The molecule has 8 nitrogen and oxygen atoms in total. The maximum atomic E-state index is 13.4. The number of halogens is 6. The number of benzene rings is 1. The Morgan fingerprint density at radius 1 is 1.08 bits per heavy atom. The summed E-state index contributed by atoms with van der Waals surface area (Å²) in [6.07, 6.45) is -7.53. The van der Waals surface area contributed by atoms with Crippen molar-refractivity contribution < 1.29 is 31.1 Å². The standard InChI is InChI=1S/C24H21F6N7O/c1-13-11-35(20-14(9-31)10-32-18-3-2-15(8-17(18)20)23(25,26)27)5-4-16(13)21(38)36-6-7-37-19(12-36)33-34-22(37)24(28,29)30/h2-3,8,10,13,16H,4-7,11-12H2,1H3/t13-,16+/m0/s1. The van der Waals surface area contributed by atoms with Gasteiger partial charge in [-0.15, -0.1) is 10.2 Å². The lowest BCUT2D eigenvalue weighted by atomic mass is 9.85. The maximum absolute atomic E-state index is 13.4. The lowest BCUT2D eigenvalue weighted by Gasteiger charge is -2.40. The Hall–Kier alpha value is -3.89. The molecule has 200 valence electrons. The molecule has 2 aliphatic heterocycles. The van der Waals surface area contributed by atoms with Gasteiger partial charge in [0.25, 0.3) is 0 Å². The third-order valence-electron chi connectivity index (χ3n) is 7.14. The molecule has 0 N–H and O–H groups in total. The molecule has 1 fully saturated rings. The molecule has 38 heavy (non-hydrogen) atoms. The van der Waals surface area contributed by atoms with Crippen LogP contribution in [0.4, 0.5) is 32.0 Å². The molecule has 2 aliphatic rings. The van der Waals surface area contributed by atoms with Crippen LogP contribution in [0.5, 0.6) is 0 Å². The van der Waals surface area contributed by atoms with Crippen molar-refractivity contribution in [2.45, 2.75) is 38.8 Å². The van der Waals surface area contributed by atoms with E-state index in [2.05, 4.69) is 15.2 Å². The number of carbonyl (C=O) groups excluding carboxylic acids is 1. The Balaban J connectivity index is 1.37. The highest BCUT2D eigenvalue weighted by Crippen LogP contribution is 2.38. The number of amides is 1. The maximum Gasteiger partial charge on any atom is 0.451 e. The first-order valence-electron chi connectivity index (χ1n) is 11.8. The Morgan fingerprint density at radius 2 is 1.84 bits per heavy atom. The summed E-state index contributed by atoms with van der Waals surface area (Å²) in [5.74, 6) is -1.95. The van der Waals surface area contributed by atoms with Gasteiger partial charge in [-0.05, 0) is 30.5 Å². The number of fused-ring (bicyclic) bond motifs is 2. The van der Waals surface area contributed by atoms with Crippen molar-refractivity contribution in [3.63, 3.8) is 0 Å². The molecule has 3 aromatic rings. The van der Waals surface area contributed by atoms with Gasteiger partial charge in [-0.2, -0.15) is 31.6 Å². The third-order valence-corrected chi connectivity index (χ3v) is 7.14. The van der Waals surface area contributed by atoms with Crippen LogP contribution in [0.3, 0.4) is 0 Å². The topological polar surface area (TPSA) is 90.9 Å². The number of piperidine rings is 1. The van der Waals surface area contributed by atoms with Crippen LogP contribution in [0, 0.1) is 23.2 Å². The van der Waals surface area contributed by atoms with Crippen LogP contribution in [-0.4, -0.2) is 50.2 Å². The fourth-order valence-electron chi connectivity index (χ4n) is 5.28. The van der Waals surface area contributed by atoms with E-state index >= 15 is 0 Å². The number of nitriles is 1. The van der Waals surface area contributed by atoms with E-state index in [1.807, 2.05) is 13.0 Å². The number of pyridine rings is 1. The highest BCUT2D eigenvalue weighted by atomic mass is 19.4. The summed E-state index contributed by atoms with van der Waals surface area (Å²) in [5, 5.41) is 16.7. The molecule has 0 unspecified atom stereocenters. The van der Waals surface area contributed by atoms with Gasteiger partial charge in [0.15, 0.2) is 5.82 Å². The summed E-state index contributed by atoms with van der Waals surface area (Å²) in [4.78, 5) is 20.8. The highest BCUT2D eigenvalue weighted by molar-refractivity contribution is 5.95. The van der Waals surface area contributed by atoms with Crippen LogP contribution in [-0.2, 0) is 30.2 Å². The molecule has 5 rings (SSSR count). The SMILES string of the molecule is C[C@H]1CN(c2c(C#N)cnc3ccc(C(F)(F)F)cc23)CC[C@H]1C(=O)N1CCn2c(nnc2C(F)(F)F)C1. The van der Waals surface area contributed by atoms with Crippen LogP contribution >= 0.6 is 0 Å². The Morgan fingerprint density at radius 3 is 2.50 bits per heavy atom. The van der Waals surface area contributed by atoms with Gasteiger partial charge in [0.05, 0.1) is 28.9 Å². The predicted molar refractivity (Wildman–Crippen MR) is 121 cm³/mol. The van der Waals surface area contributed by atoms with Crippen LogP contribution in [0.25, 0.3) is 10.9 Å². The van der Waals surface area contributed by atoms with Gasteiger partial charge >= 0.3 is 12.4 Å². The summed E-state index contributed by atoms with van der Waals surface area (Å²) >= 11 is 0. The minimum Gasteiger partial charge on any atom is -0.370 e. The fourth-order valence-corrected chi connectivity index (χ4v) is 5.28. The van der Waals surface area contributed by atoms with Crippen molar-refractivity contribution in [2.75, 3.05) is 24.5 Å². The number of rotatable bonds is 2. The van der Waals surface area contributed by atoms with E-state index < -0.39 is 29.7 Å². The zero-order chi connectivity index (χ0) is 27.4. The molecule has 0 radical (unpaired) electrons. The summed E-state index contributed by atoms with van der Waals surface area (Å²) in [6.45, 7) is 2.33. The van der Waals surface area contributed by atoms with Gasteiger partial charge in [0.1, 0.15) is 6.07 Å². The molecule has 1 aromatic carbocycles. The third kappa shape index (κ3) is 4.50. The van der Waals surface area contributed by atoms with Crippen molar-refractivity contribution in [3.8, 4) is 6.07 Å². The quantitative estimate of drug-likeness (QED) is 0.455. The Labute approximate surface area is 212 Å². The number of anilines is 1. The van der Waals surface area contributed by atoms with E-state index in [1.165, 1.54) is 17.2 Å². The Kier molecular flexibility index (Phi) is 6.19. The molecule has 4 heterocycles. The van der Waals surface area contributed by atoms with Gasteiger partial charge in [-0.1, -0.05) is 6.92 Å². The van der Waals surface area contributed by atoms with E-state index in [1.54, 1.807) is 4.90 Å². The summed E-state index contributed by atoms with van der Waals surface area (Å²) in [7, 11) is 0. The number of nitrogens with zero attached hydrogens (tertiary/aromatic N) is 7. The van der Waals surface area contributed by atoms with Crippen molar-refractivity contribution >= 4 is 22.5 Å². The summed E-state index contributed by atoms with van der Waals surface area (Å²) in [5.41, 5.74) is -0.0712. The zero-order valence-corrected chi connectivity index (χ0v) is 20.0. The highest BCUT2D eigenvalue weighted by Gasteiger charge is 2.41. The number of carbonyl (C=O) groups is 1. The lowest BCUT2D eigenvalue weighted by Crippen LogP contribution is -2.49. The van der Waals surface area contributed by atoms with Crippen LogP contribution in [0.15, 0.2) is 24.4 Å². The first kappa shape index (κ1) is 25.7. The van der Waals surface area contributed by atoms with E-state index in [9.17, 15) is 36.4 Å². The van der Waals surface area contributed by atoms with Gasteiger partial charge in [-0.3, -0.25) is 9.78 Å². The number of aromatic nitrogens is 4. The molecule has 2 atom stereocenters. The molecular weight excluding hydrogens is 516 g/mol. The fraction of sp³-hybridized carbons (Fsp3) is 0.458. The van der Waals surface area contributed by atoms with E-state index in [0.717, 1.165) is 16.7 Å². The molecular formula is C24H21F6N7O. The molecule has 1 amide bonds. The van der Waals surface area contributed by atoms with Crippen LogP contribution in [0.2, 0.25) is 0 Å². The van der Waals surface area contributed by atoms with Gasteiger partial charge < -0.3 is 14.4 Å². The van der Waals surface area contributed by atoms with Gasteiger partial charge in [0.2, 0.25) is 11.7 Å². The molecule has 2 aromatic heterocycles. The average molecular weight is 537 g/mol. The minimum absolute atomic E-state index is 0.0596. The number of alkyl halides is 6. The van der Waals surface area contributed by atoms with Crippen molar-refractivity contribution in [1.82, 2.24) is 24.6 Å². The second-order valence-corrected chi connectivity index (χ2v) is 9.53. The number of hydrogen-bond donors (Lipinski definition) is 0. The number of hydrogen-bond acceptors (Lipinski definition) is 6. The van der Waals surface area contributed by atoms with E-state index in [-0.39, 0.29) is 48.2 Å². The second kappa shape index (κ2) is 9.14. The molecule has 0 bridgehead atoms. The largest absolute Gasteiger partial charge is 0.451 e. The normalized spacial score (nSPS) is 20.4. The molecule has 1 saturated heterocycles. The minimum atomic E-state index is -4.64. The van der Waals surface area contributed by atoms with E-state index in [0.29, 0.717) is 30.7 Å². The second-order valence-electron chi connectivity index (χ2n) is 9.53. The monoisotopic (exact) mass is 537 g/mol. The average Bonchev–Trinajstić information content (AvgIpc) is 3.30. The van der Waals surface area contributed by atoms with Crippen LogP contribution in [0.1, 0.15) is 36.1 Å². The van der Waals surface area contributed by atoms with Gasteiger partial charge in [-0.25, -0.2) is 0 Å². The van der Waals surface area contributed by atoms with Gasteiger partial charge in [0, 0.05) is 43.7 Å². The molecule has 0 spiro atoms. The lowest BCUT2D eigenvalue weighted by molar-refractivity contribution is -0.148. The van der Waals surface area contributed by atoms with Crippen LogP contribution < -0.4 is 4.90 Å². The van der Waals surface area contributed by atoms with Crippen molar-refractivity contribution in [1.29, 1.82) is 5.26 Å². The summed E-state index contributed by atoms with van der Waals surface area (Å²) < 4.78 is 80.5. The Bertz CT molecular complexity index is 1440. The summed E-state index contributed by atoms with van der Waals surface area (Å²) in [6, 6.07) is 5.20. The molecule has 0 saturated carbocycles. The predicted octanol–water partition coefficient (Wildman–Crippen LogP) is 4.24. The first-order chi connectivity index (χ1) is 17.9. The van der Waals surface area contributed by atoms with Crippen molar-refractivity contribution in [3.05, 3.63) is 47.2 Å².